The van der Waals surface area contributed by atoms with Crippen LogP contribution in [0.15, 0.2) is 30.3 Å². The van der Waals surface area contributed by atoms with Crippen LogP contribution in [0.5, 0.6) is 0 Å². The standard InChI is InChI=1S/C22H22F3IN2O2/c1-27-8-2-3-19(27)22(30)11-28(12-22)21(29)15-6-7-17(23)20(25)16(15)9-13-4-5-14(26)10-18(13)24/h4-7,10,19,30H,2-3,8-9,11-12H2,1H3. The van der Waals surface area contributed by atoms with E-state index in [4.69, 9.17) is 0 Å². The molecule has 2 aliphatic heterocycles. The average Bonchev–Trinajstić information content (AvgIpc) is 3.11. The molecule has 160 valence electrons. The second-order valence-corrected chi connectivity index (χ2v) is 9.45. The number of likely N-dealkylation sites (tertiary alicyclic amines) is 2. The van der Waals surface area contributed by atoms with E-state index in [0.29, 0.717) is 3.57 Å². The molecule has 2 aromatic carbocycles. The molecule has 2 heterocycles. The summed E-state index contributed by atoms with van der Waals surface area (Å²) in [6.45, 7) is 1.17. The highest BCUT2D eigenvalue weighted by molar-refractivity contribution is 14.1. The first-order valence-electron chi connectivity index (χ1n) is 9.82. The van der Waals surface area contributed by atoms with E-state index in [1.54, 1.807) is 6.07 Å². The van der Waals surface area contributed by atoms with Crippen LogP contribution in [0.1, 0.15) is 34.3 Å². The van der Waals surface area contributed by atoms with Gasteiger partial charge in [0, 0.05) is 27.2 Å². The predicted octanol–water partition coefficient (Wildman–Crippen LogP) is 3.58. The molecule has 1 unspecified atom stereocenters. The lowest BCUT2D eigenvalue weighted by atomic mass is 9.83. The zero-order valence-corrected chi connectivity index (χ0v) is 18.6. The van der Waals surface area contributed by atoms with Crippen molar-refractivity contribution in [3.05, 3.63) is 68.0 Å². The molecule has 1 N–H and O–H groups in total. The van der Waals surface area contributed by atoms with Crippen molar-refractivity contribution < 1.29 is 23.1 Å². The Balaban J connectivity index is 1.58. The lowest BCUT2D eigenvalue weighted by molar-refractivity contribution is -0.120. The number of benzene rings is 2. The molecule has 0 aromatic heterocycles. The van der Waals surface area contributed by atoms with Crippen LogP contribution in [-0.4, -0.2) is 59.1 Å². The quantitative estimate of drug-likeness (QED) is 0.616. The van der Waals surface area contributed by atoms with E-state index < -0.39 is 29.0 Å². The van der Waals surface area contributed by atoms with Gasteiger partial charge in [0.15, 0.2) is 11.6 Å². The van der Waals surface area contributed by atoms with Gasteiger partial charge in [0.05, 0.1) is 13.1 Å². The van der Waals surface area contributed by atoms with Crippen molar-refractivity contribution in [1.82, 2.24) is 9.80 Å². The molecule has 2 fully saturated rings. The second kappa shape index (κ2) is 8.12. The van der Waals surface area contributed by atoms with E-state index >= 15 is 0 Å². The number of aliphatic hydroxyl groups is 1. The van der Waals surface area contributed by atoms with Gasteiger partial charge in [-0.25, -0.2) is 13.2 Å². The van der Waals surface area contributed by atoms with Gasteiger partial charge < -0.3 is 14.9 Å². The number of rotatable bonds is 4. The van der Waals surface area contributed by atoms with Gasteiger partial charge in [-0.3, -0.25) is 4.79 Å². The van der Waals surface area contributed by atoms with Gasteiger partial charge in [-0.1, -0.05) is 6.07 Å². The lowest BCUT2D eigenvalue weighted by Gasteiger charge is -2.51. The number of hydrogen-bond donors (Lipinski definition) is 1. The van der Waals surface area contributed by atoms with Crippen LogP contribution < -0.4 is 0 Å². The smallest absolute Gasteiger partial charge is 0.254 e. The maximum atomic E-state index is 14.6. The molecule has 1 atom stereocenters. The molecule has 2 aromatic rings. The average molecular weight is 530 g/mol. The van der Waals surface area contributed by atoms with Crippen molar-refractivity contribution >= 4 is 28.5 Å². The third-order valence-corrected chi connectivity index (χ3v) is 6.84. The highest BCUT2D eigenvalue weighted by Gasteiger charge is 2.51. The van der Waals surface area contributed by atoms with Gasteiger partial charge in [0.2, 0.25) is 0 Å². The molecule has 2 saturated heterocycles. The third-order valence-electron chi connectivity index (χ3n) is 6.17. The minimum atomic E-state index is -1.15. The minimum Gasteiger partial charge on any atom is -0.385 e. The summed E-state index contributed by atoms with van der Waals surface area (Å²) in [7, 11) is 1.95. The van der Waals surface area contributed by atoms with Crippen LogP contribution in [0, 0.1) is 21.0 Å². The molecular formula is C22H22F3IN2O2. The summed E-state index contributed by atoms with van der Waals surface area (Å²) in [5, 5.41) is 10.9. The summed E-state index contributed by atoms with van der Waals surface area (Å²) in [6, 6.07) is 6.61. The van der Waals surface area contributed by atoms with Gasteiger partial charge in [-0.2, -0.15) is 0 Å². The van der Waals surface area contributed by atoms with Crippen molar-refractivity contribution in [1.29, 1.82) is 0 Å². The lowest BCUT2D eigenvalue weighted by Crippen LogP contribution is -2.70. The number of amides is 1. The van der Waals surface area contributed by atoms with Crippen LogP contribution >= 0.6 is 22.6 Å². The van der Waals surface area contributed by atoms with E-state index in [9.17, 15) is 23.1 Å². The maximum Gasteiger partial charge on any atom is 0.254 e. The van der Waals surface area contributed by atoms with Gasteiger partial charge in [0.1, 0.15) is 11.4 Å². The van der Waals surface area contributed by atoms with Crippen LogP contribution in [0.2, 0.25) is 0 Å². The summed E-state index contributed by atoms with van der Waals surface area (Å²) in [4.78, 5) is 16.6. The molecule has 1 amide bonds. The number of nitrogens with zero attached hydrogens (tertiary/aromatic N) is 2. The maximum absolute atomic E-state index is 14.6. The Morgan fingerprint density at radius 3 is 2.57 bits per heavy atom. The van der Waals surface area contributed by atoms with E-state index in [-0.39, 0.29) is 42.2 Å². The van der Waals surface area contributed by atoms with Gasteiger partial charge in [-0.05, 0) is 78.9 Å². The van der Waals surface area contributed by atoms with Crippen LogP contribution in [0.3, 0.4) is 0 Å². The third kappa shape index (κ3) is 3.85. The normalized spacial score (nSPS) is 21.0. The fourth-order valence-corrected chi connectivity index (χ4v) is 5.00. The molecule has 0 aliphatic carbocycles. The molecule has 0 bridgehead atoms. The minimum absolute atomic E-state index is 0.00586. The Kier molecular flexibility index (Phi) is 5.84. The molecule has 0 spiro atoms. The number of halogens is 4. The van der Waals surface area contributed by atoms with Crippen molar-refractivity contribution in [3.63, 3.8) is 0 Å². The summed E-state index contributed by atoms with van der Waals surface area (Å²) in [6.07, 6.45) is 1.61. The molecule has 4 rings (SSSR count). The second-order valence-electron chi connectivity index (χ2n) is 8.20. The number of carbonyl (C=O) groups is 1. The summed E-state index contributed by atoms with van der Waals surface area (Å²) >= 11 is 1.96. The molecule has 4 nitrogen and oxygen atoms in total. The fraction of sp³-hybridized carbons (Fsp3) is 0.409. The van der Waals surface area contributed by atoms with E-state index in [1.165, 1.54) is 23.1 Å². The molecular weight excluding hydrogens is 508 g/mol. The first kappa shape index (κ1) is 21.6. The Labute approximate surface area is 186 Å². The summed E-state index contributed by atoms with van der Waals surface area (Å²) < 4.78 is 43.5. The van der Waals surface area contributed by atoms with E-state index in [1.807, 2.05) is 29.6 Å². The first-order chi connectivity index (χ1) is 14.2. The molecule has 0 radical (unpaired) electrons. The zero-order chi connectivity index (χ0) is 21.6. The topological polar surface area (TPSA) is 43.8 Å². The van der Waals surface area contributed by atoms with Crippen LogP contribution in [0.25, 0.3) is 0 Å². The van der Waals surface area contributed by atoms with Crippen molar-refractivity contribution in [3.8, 4) is 0 Å². The Morgan fingerprint density at radius 2 is 1.93 bits per heavy atom. The summed E-state index contributed by atoms with van der Waals surface area (Å²) in [5.41, 5.74) is -0.995. The SMILES string of the molecule is CN1CCCC1C1(O)CN(C(=O)c2ccc(F)c(F)c2Cc2ccc(I)cc2F)C1. The highest BCUT2D eigenvalue weighted by atomic mass is 127. The molecule has 2 aliphatic rings. The fourth-order valence-electron chi connectivity index (χ4n) is 4.55. The Hall–Kier alpha value is -1.65. The number of β-amino-alcohol motifs (C(OH)–C–C–N with tert-alkyl or cyclic N) is 1. The molecule has 8 heteroatoms. The monoisotopic (exact) mass is 530 g/mol. The van der Waals surface area contributed by atoms with Crippen molar-refractivity contribution in [2.24, 2.45) is 0 Å². The Morgan fingerprint density at radius 1 is 1.20 bits per heavy atom. The Bertz CT molecular complexity index is 995. The van der Waals surface area contributed by atoms with Crippen molar-refractivity contribution in [2.75, 3.05) is 26.7 Å². The highest BCUT2D eigenvalue weighted by Crippen LogP contribution is 2.35. The van der Waals surface area contributed by atoms with E-state index in [2.05, 4.69) is 4.90 Å². The first-order valence-corrected chi connectivity index (χ1v) is 10.9. The molecule has 0 saturated carbocycles. The predicted molar refractivity (Wildman–Crippen MR) is 115 cm³/mol. The summed E-state index contributed by atoms with van der Waals surface area (Å²) in [5.74, 6) is -3.25. The molecule has 30 heavy (non-hydrogen) atoms. The number of hydrogen-bond acceptors (Lipinski definition) is 3. The van der Waals surface area contributed by atoms with Gasteiger partial charge in [0.25, 0.3) is 5.91 Å². The van der Waals surface area contributed by atoms with Crippen LogP contribution in [-0.2, 0) is 6.42 Å². The largest absolute Gasteiger partial charge is 0.385 e. The van der Waals surface area contributed by atoms with Gasteiger partial charge in [-0.15, -0.1) is 0 Å². The zero-order valence-electron chi connectivity index (χ0n) is 16.5. The van der Waals surface area contributed by atoms with Gasteiger partial charge >= 0.3 is 0 Å². The van der Waals surface area contributed by atoms with E-state index in [0.717, 1.165) is 25.5 Å². The van der Waals surface area contributed by atoms with Crippen molar-refractivity contribution in [2.45, 2.75) is 30.9 Å². The van der Waals surface area contributed by atoms with Crippen LogP contribution in [0.4, 0.5) is 13.2 Å². The number of carbonyl (C=O) groups excluding carboxylic acids is 1. The number of likely N-dealkylation sites (N-methyl/N-ethyl adjacent to an activating group) is 1.